The molecule has 0 heterocycles. The first kappa shape index (κ1) is 11.7. The quantitative estimate of drug-likeness (QED) is 0.627. The van der Waals surface area contributed by atoms with Crippen molar-refractivity contribution in [2.45, 2.75) is 52.9 Å². The topological polar surface area (TPSA) is 17.1 Å². The molecule has 1 aliphatic carbocycles. The summed E-state index contributed by atoms with van der Waals surface area (Å²) in [4.78, 5) is 10.3. The van der Waals surface area contributed by atoms with Crippen molar-refractivity contribution in [1.82, 2.24) is 0 Å². The van der Waals surface area contributed by atoms with E-state index in [1.54, 1.807) is 0 Å². The molecule has 0 aromatic carbocycles. The van der Waals surface area contributed by atoms with E-state index in [-0.39, 0.29) is 0 Å². The largest absolute Gasteiger partial charge is 0.303 e. The van der Waals surface area contributed by atoms with Crippen LogP contribution in [0.5, 0.6) is 0 Å². The lowest BCUT2D eigenvalue weighted by molar-refractivity contribution is -0.108. The van der Waals surface area contributed by atoms with Crippen LogP contribution in [-0.4, -0.2) is 6.29 Å². The lowest BCUT2D eigenvalue weighted by atomic mass is 9.71. The number of aldehydes is 1. The van der Waals surface area contributed by atoms with E-state index < -0.39 is 0 Å². The second-order valence-corrected chi connectivity index (χ2v) is 5.43. The van der Waals surface area contributed by atoms with Gasteiger partial charge < -0.3 is 4.79 Å². The highest BCUT2D eigenvalue weighted by Gasteiger charge is 2.27. The average molecular weight is 196 g/mol. The van der Waals surface area contributed by atoms with Gasteiger partial charge in [-0.1, -0.05) is 20.8 Å². The number of carbonyl (C=O) groups excluding carboxylic acids is 1. The van der Waals surface area contributed by atoms with Gasteiger partial charge in [0.25, 0.3) is 0 Å². The fourth-order valence-corrected chi connectivity index (χ4v) is 2.89. The summed E-state index contributed by atoms with van der Waals surface area (Å²) in [6.45, 7) is 7.03. The summed E-state index contributed by atoms with van der Waals surface area (Å²) < 4.78 is 0. The Hall–Kier alpha value is -0.330. The van der Waals surface area contributed by atoms with E-state index in [2.05, 4.69) is 20.8 Å². The van der Waals surface area contributed by atoms with E-state index >= 15 is 0 Å². The molecule has 1 nitrogen and oxygen atoms in total. The van der Waals surface area contributed by atoms with Gasteiger partial charge in [-0.15, -0.1) is 0 Å². The zero-order valence-electron chi connectivity index (χ0n) is 9.83. The molecule has 0 radical (unpaired) electrons. The zero-order chi connectivity index (χ0) is 10.6. The van der Waals surface area contributed by atoms with Crippen LogP contribution in [0.1, 0.15) is 52.9 Å². The van der Waals surface area contributed by atoms with Gasteiger partial charge in [-0.05, 0) is 49.4 Å². The Morgan fingerprint density at radius 1 is 1.29 bits per heavy atom. The molecule has 3 atom stereocenters. The van der Waals surface area contributed by atoms with Crippen LogP contribution in [0.15, 0.2) is 0 Å². The first-order chi connectivity index (χ1) is 6.63. The summed E-state index contributed by atoms with van der Waals surface area (Å²) in [6, 6.07) is 0. The average Bonchev–Trinajstić information content (AvgIpc) is 2.14. The van der Waals surface area contributed by atoms with Crippen molar-refractivity contribution in [3.63, 3.8) is 0 Å². The van der Waals surface area contributed by atoms with Crippen LogP contribution < -0.4 is 0 Å². The molecule has 0 bridgehead atoms. The minimum Gasteiger partial charge on any atom is -0.303 e. The van der Waals surface area contributed by atoms with Gasteiger partial charge in [0, 0.05) is 6.42 Å². The third kappa shape index (κ3) is 3.43. The van der Waals surface area contributed by atoms with Gasteiger partial charge in [0.15, 0.2) is 0 Å². The Morgan fingerprint density at radius 2 is 2.00 bits per heavy atom. The van der Waals surface area contributed by atoms with Crippen LogP contribution in [0.25, 0.3) is 0 Å². The first-order valence-corrected chi connectivity index (χ1v) is 6.07. The molecule has 0 spiro atoms. The van der Waals surface area contributed by atoms with E-state index in [0.717, 1.165) is 42.8 Å². The highest BCUT2D eigenvalue weighted by molar-refractivity contribution is 5.49. The summed E-state index contributed by atoms with van der Waals surface area (Å²) >= 11 is 0. The molecule has 1 fully saturated rings. The van der Waals surface area contributed by atoms with E-state index in [9.17, 15) is 4.79 Å². The molecular weight excluding hydrogens is 172 g/mol. The summed E-state index contributed by atoms with van der Waals surface area (Å²) in [5.41, 5.74) is 0. The maximum atomic E-state index is 10.3. The van der Waals surface area contributed by atoms with E-state index in [1.807, 2.05) is 0 Å². The predicted molar refractivity (Wildman–Crippen MR) is 60.1 cm³/mol. The third-order valence-electron chi connectivity index (χ3n) is 3.71. The summed E-state index contributed by atoms with van der Waals surface area (Å²) in [5, 5.41) is 0. The molecule has 3 unspecified atom stereocenters. The SMILES string of the molecule is CC1CC(CCC=O)CC(C(C)C)C1. The van der Waals surface area contributed by atoms with Crippen molar-refractivity contribution in [3.05, 3.63) is 0 Å². The lowest BCUT2D eigenvalue weighted by Crippen LogP contribution is -2.24. The maximum absolute atomic E-state index is 10.3. The van der Waals surface area contributed by atoms with Crippen molar-refractivity contribution in [2.75, 3.05) is 0 Å². The third-order valence-corrected chi connectivity index (χ3v) is 3.71. The molecule has 0 N–H and O–H groups in total. The maximum Gasteiger partial charge on any atom is 0.120 e. The standard InChI is InChI=1S/C13H24O/c1-10(2)13-8-11(3)7-12(9-13)5-4-6-14/h6,10-13H,4-5,7-9H2,1-3H3. The predicted octanol–water partition coefficient (Wildman–Crippen LogP) is 3.67. The Bertz CT molecular complexity index is 174. The Labute approximate surface area is 88.3 Å². The first-order valence-electron chi connectivity index (χ1n) is 6.07. The zero-order valence-corrected chi connectivity index (χ0v) is 9.83. The van der Waals surface area contributed by atoms with Crippen molar-refractivity contribution in [3.8, 4) is 0 Å². The molecule has 0 aromatic heterocycles. The summed E-state index contributed by atoms with van der Waals surface area (Å²) in [6.07, 6.45) is 7.06. The number of hydrogen-bond donors (Lipinski definition) is 0. The summed E-state index contributed by atoms with van der Waals surface area (Å²) in [7, 11) is 0. The van der Waals surface area contributed by atoms with Crippen LogP contribution >= 0.6 is 0 Å². The smallest absolute Gasteiger partial charge is 0.120 e. The van der Waals surface area contributed by atoms with Gasteiger partial charge in [0.1, 0.15) is 6.29 Å². The van der Waals surface area contributed by atoms with Gasteiger partial charge in [-0.25, -0.2) is 0 Å². The van der Waals surface area contributed by atoms with Crippen LogP contribution in [0.2, 0.25) is 0 Å². The number of carbonyl (C=O) groups is 1. The number of hydrogen-bond acceptors (Lipinski definition) is 1. The molecule has 82 valence electrons. The van der Waals surface area contributed by atoms with Gasteiger partial charge >= 0.3 is 0 Å². The second-order valence-electron chi connectivity index (χ2n) is 5.43. The van der Waals surface area contributed by atoms with Gasteiger partial charge in [-0.3, -0.25) is 0 Å². The van der Waals surface area contributed by atoms with Crippen molar-refractivity contribution in [2.24, 2.45) is 23.7 Å². The van der Waals surface area contributed by atoms with E-state index in [1.165, 1.54) is 19.3 Å². The fourth-order valence-electron chi connectivity index (χ4n) is 2.89. The molecule has 0 aromatic rings. The monoisotopic (exact) mass is 196 g/mol. The van der Waals surface area contributed by atoms with E-state index in [4.69, 9.17) is 0 Å². The Kier molecular flexibility index (Phi) is 4.64. The molecular formula is C13H24O. The molecule has 1 rings (SSSR count). The van der Waals surface area contributed by atoms with Crippen LogP contribution in [0.4, 0.5) is 0 Å². The van der Waals surface area contributed by atoms with Gasteiger partial charge in [-0.2, -0.15) is 0 Å². The molecule has 0 amide bonds. The minimum atomic E-state index is 0.766. The van der Waals surface area contributed by atoms with E-state index in [0.29, 0.717) is 0 Å². The Balaban J connectivity index is 2.41. The normalized spacial score (nSPS) is 33.3. The van der Waals surface area contributed by atoms with Crippen molar-refractivity contribution < 1.29 is 4.79 Å². The van der Waals surface area contributed by atoms with Gasteiger partial charge in [0.2, 0.25) is 0 Å². The van der Waals surface area contributed by atoms with Crippen LogP contribution in [0, 0.1) is 23.7 Å². The molecule has 0 aliphatic heterocycles. The highest BCUT2D eigenvalue weighted by Crippen LogP contribution is 2.38. The molecule has 0 saturated heterocycles. The highest BCUT2D eigenvalue weighted by atomic mass is 16.1. The van der Waals surface area contributed by atoms with Crippen molar-refractivity contribution >= 4 is 6.29 Å². The molecule has 14 heavy (non-hydrogen) atoms. The minimum absolute atomic E-state index is 0.766. The van der Waals surface area contributed by atoms with Crippen molar-refractivity contribution in [1.29, 1.82) is 0 Å². The molecule has 1 heteroatoms. The fraction of sp³-hybridized carbons (Fsp3) is 0.923. The van der Waals surface area contributed by atoms with Gasteiger partial charge in [0.05, 0.1) is 0 Å². The molecule has 1 saturated carbocycles. The van der Waals surface area contributed by atoms with Crippen LogP contribution in [-0.2, 0) is 4.79 Å². The number of rotatable bonds is 4. The Morgan fingerprint density at radius 3 is 2.57 bits per heavy atom. The summed E-state index contributed by atoms with van der Waals surface area (Å²) in [5.74, 6) is 3.40. The molecule has 1 aliphatic rings. The second kappa shape index (κ2) is 5.53. The van der Waals surface area contributed by atoms with Crippen LogP contribution in [0.3, 0.4) is 0 Å². The lowest BCUT2D eigenvalue weighted by Gasteiger charge is -2.35.